The molecule has 0 saturated carbocycles. The molecule has 2 aliphatic rings. The molecule has 2 amide bonds. The lowest BCUT2D eigenvalue weighted by atomic mass is 9.98. The summed E-state index contributed by atoms with van der Waals surface area (Å²) >= 11 is 1.41. The zero-order valence-corrected chi connectivity index (χ0v) is 23.8. The molecule has 10 nitrogen and oxygen atoms in total. The third-order valence-electron chi connectivity index (χ3n) is 6.92. The Morgan fingerprint density at radius 2 is 1.76 bits per heavy atom. The van der Waals surface area contributed by atoms with Crippen LogP contribution in [0.1, 0.15) is 50.9 Å². The number of fused-ring (bicyclic) bond motifs is 1. The molecule has 0 atom stereocenters. The first kappa shape index (κ1) is 28.2. The lowest BCUT2D eigenvalue weighted by Crippen LogP contribution is -2.40. The van der Waals surface area contributed by atoms with Gasteiger partial charge in [0, 0.05) is 50.7 Å². The lowest BCUT2D eigenvalue weighted by Gasteiger charge is -2.30. The predicted octanol–water partition coefficient (Wildman–Crippen LogP) is 2.65. The van der Waals surface area contributed by atoms with Gasteiger partial charge >= 0.3 is 5.97 Å². The van der Waals surface area contributed by atoms with Crippen LogP contribution in [0, 0.1) is 5.92 Å². The molecule has 1 aromatic heterocycles. The van der Waals surface area contributed by atoms with Gasteiger partial charge in [0.05, 0.1) is 23.0 Å². The molecule has 0 aliphatic carbocycles. The van der Waals surface area contributed by atoms with Crippen LogP contribution in [0.25, 0.3) is 0 Å². The number of ether oxygens (including phenoxy) is 1. The number of sulfonamides is 1. The molecule has 0 bridgehead atoms. The van der Waals surface area contributed by atoms with Gasteiger partial charge in [-0.25, -0.2) is 8.42 Å². The Bertz CT molecular complexity index is 1310. The van der Waals surface area contributed by atoms with Crippen LogP contribution < -0.4 is 5.32 Å². The van der Waals surface area contributed by atoms with Gasteiger partial charge in [-0.15, -0.1) is 11.3 Å². The summed E-state index contributed by atoms with van der Waals surface area (Å²) in [7, 11) is 1.63. The summed E-state index contributed by atoms with van der Waals surface area (Å²) in [5.74, 6) is -1.14. The molecule has 1 aromatic carbocycles. The second-order valence-corrected chi connectivity index (χ2v) is 12.8. The minimum absolute atomic E-state index is 0.0849. The van der Waals surface area contributed by atoms with Crippen LogP contribution in [0.15, 0.2) is 29.2 Å². The average Bonchev–Trinajstić information content (AvgIpc) is 3.24. The number of hydrogen-bond acceptors (Lipinski definition) is 8. The molecule has 3 heterocycles. The van der Waals surface area contributed by atoms with Gasteiger partial charge in [-0.1, -0.05) is 0 Å². The summed E-state index contributed by atoms with van der Waals surface area (Å²) in [4.78, 5) is 42.9. The normalized spacial score (nSPS) is 17.1. The molecule has 0 radical (unpaired) electrons. The Morgan fingerprint density at radius 3 is 2.37 bits per heavy atom. The first-order valence-electron chi connectivity index (χ1n) is 12.7. The van der Waals surface area contributed by atoms with Crippen LogP contribution in [0.3, 0.4) is 0 Å². The monoisotopic (exact) mass is 562 g/mol. The van der Waals surface area contributed by atoms with Crippen LogP contribution in [-0.2, 0) is 32.5 Å². The Hall–Kier alpha value is -2.80. The van der Waals surface area contributed by atoms with Crippen molar-refractivity contribution in [2.45, 2.75) is 37.6 Å². The van der Waals surface area contributed by atoms with Crippen molar-refractivity contribution < 1.29 is 27.5 Å². The molecule has 2 aliphatic heterocycles. The van der Waals surface area contributed by atoms with Crippen LogP contribution in [-0.4, -0.2) is 87.7 Å². The number of likely N-dealkylation sites (N-methyl/N-ethyl adjacent to an activating group) is 1. The number of esters is 1. The van der Waals surface area contributed by atoms with E-state index in [0.717, 1.165) is 23.4 Å². The maximum Gasteiger partial charge on any atom is 0.309 e. The molecular formula is C26H34N4O6S2. The van der Waals surface area contributed by atoms with Gasteiger partial charge in [0.25, 0.3) is 11.8 Å². The molecule has 206 valence electrons. The molecule has 1 fully saturated rings. The quantitative estimate of drug-likeness (QED) is 0.516. The van der Waals surface area contributed by atoms with Gasteiger partial charge in [-0.2, -0.15) is 4.31 Å². The largest absolute Gasteiger partial charge is 0.466 e. The van der Waals surface area contributed by atoms with Gasteiger partial charge < -0.3 is 19.9 Å². The third kappa shape index (κ3) is 5.78. The Kier molecular flexibility index (Phi) is 8.55. The smallest absolute Gasteiger partial charge is 0.309 e. The predicted molar refractivity (Wildman–Crippen MR) is 145 cm³/mol. The highest BCUT2D eigenvalue weighted by molar-refractivity contribution is 7.89. The number of anilines is 1. The summed E-state index contributed by atoms with van der Waals surface area (Å²) in [6.45, 7) is 4.06. The first-order chi connectivity index (χ1) is 18.0. The topological polar surface area (TPSA) is 116 Å². The zero-order chi connectivity index (χ0) is 27.6. The average molecular weight is 563 g/mol. The van der Waals surface area contributed by atoms with Crippen LogP contribution >= 0.6 is 11.3 Å². The summed E-state index contributed by atoms with van der Waals surface area (Å²) in [5, 5.41) is 3.40. The molecule has 4 rings (SSSR count). The Balaban J connectivity index is 1.48. The van der Waals surface area contributed by atoms with Crippen molar-refractivity contribution in [1.29, 1.82) is 0 Å². The highest BCUT2D eigenvalue weighted by Gasteiger charge is 2.33. The fourth-order valence-corrected chi connectivity index (χ4v) is 7.55. The Labute approximate surface area is 227 Å². The highest BCUT2D eigenvalue weighted by atomic mass is 32.2. The number of carbonyl (C=O) groups excluding carboxylic acids is 3. The number of thiophene rings is 1. The van der Waals surface area contributed by atoms with Gasteiger partial charge in [0.1, 0.15) is 5.00 Å². The van der Waals surface area contributed by atoms with Crippen molar-refractivity contribution >= 4 is 44.1 Å². The number of nitrogens with zero attached hydrogens (tertiary/aromatic N) is 3. The van der Waals surface area contributed by atoms with E-state index < -0.39 is 15.9 Å². The SMILES string of the molecule is CCOC(=O)C1CCN(S(=O)(=O)c2ccc(C(=O)Nc3sc4c(c3C(=O)N(C)C)CCN(C)C4)cc2)CC1. The van der Waals surface area contributed by atoms with Gasteiger partial charge in [-0.3, -0.25) is 14.4 Å². The maximum absolute atomic E-state index is 13.1. The number of nitrogens with one attached hydrogen (secondary N) is 1. The summed E-state index contributed by atoms with van der Waals surface area (Å²) in [5.41, 5.74) is 1.80. The van der Waals surface area contributed by atoms with Gasteiger partial charge in [-0.05, 0) is 63.1 Å². The van der Waals surface area contributed by atoms with Crippen molar-refractivity contribution in [2.75, 3.05) is 52.7 Å². The Morgan fingerprint density at radius 1 is 1.11 bits per heavy atom. The van der Waals surface area contributed by atoms with E-state index in [1.165, 1.54) is 44.8 Å². The van der Waals surface area contributed by atoms with E-state index in [1.54, 1.807) is 21.0 Å². The summed E-state index contributed by atoms with van der Waals surface area (Å²) < 4.78 is 32.7. The molecule has 38 heavy (non-hydrogen) atoms. The van der Waals surface area contributed by atoms with Gasteiger partial charge in [0.15, 0.2) is 0 Å². The number of piperidine rings is 1. The van der Waals surface area contributed by atoms with Gasteiger partial charge in [0.2, 0.25) is 10.0 Å². The second-order valence-electron chi connectivity index (χ2n) is 9.80. The molecule has 1 N–H and O–H groups in total. The molecule has 1 saturated heterocycles. The first-order valence-corrected chi connectivity index (χ1v) is 14.9. The minimum Gasteiger partial charge on any atom is -0.466 e. The van der Waals surface area contributed by atoms with Crippen LogP contribution in [0.5, 0.6) is 0 Å². The lowest BCUT2D eigenvalue weighted by molar-refractivity contribution is -0.149. The van der Waals surface area contributed by atoms with E-state index in [0.29, 0.717) is 36.6 Å². The number of carbonyl (C=O) groups is 3. The van der Waals surface area contributed by atoms with E-state index in [-0.39, 0.29) is 41.3 Å². The highest BCUT2D eigenvalue weighted by Crippen LogP contribution is 2.37. The van der Waals surface area contributed by atoms with Crippen molar-refractivity contribution in [3.05, 3.63) is 45.8 Å². The van der Waals surface area contributed by atoms with Crippen molar-refractivity contribution in [2.24, 2.45) is 5.92 Å². The van der Waals surface area contributed by atoms with Crippen molar-refractivity contribution in [1.82, 2.24) is 14.1 Å². The van der Waals surface area contributed by atoms with E-state index in [1.807, 2.05) is 7.05 Å². The summed E-state index contributed by atoms with van der Waals surface area (Å²) in [6, 6.07) is 5.79. The zero-order valence-electron chi connectivity index (χ0n) is 22.2. The standard InChI is InChI=1S/C26H34N4O6S2/c1-5-36-26(33)18-10-14-30(15-11-18)38(34,35)19-8-6-17(7-9-19)23(31)27-24-22(25(32)28(2)3)20-12-13-29(4)16-21(20)37-24/h6-9,18H,5,10-16H2,1-4H3,(H,27,31). The third-order valence-corrected chi connectivity index (χ3v) is 9.97. The number of rotatable bonds is 7. The van der Waals surface area contributed by atoms with E-state index in [2.05, 4.69) is 10.2 Å². The fraction of sp³-hybridized carbons (Fsp3) is 0.500. The minimum atomic E-state index is -3.76. The molecule has 0 spiro atoms. The molecular weight excluding hydrogens is 528 g/mol. The maximum atomic E-state index is 13.1. The van der Waals surface area contributed by atoms with Crippen LogP contribution in [0.4, 0.5) is 5.00 Å². The molecule has 12 heteroatoms. The second kappa shape index (κ2) is 11.5. The number of amides is 2. The number of benzene rings is 1. The van der Waals surface area contributed by atoms with Crippen molar-refractivity contribution in [3.8, 4) is 0 Å². The summed E-state index contributed by atoms with van der Waals surface area (Å²) in [6.07, 6.45) is 1.55. The molecule has 0 unspecified atom stereocenters. The fourth-order valence-electron chi connectivity index (χ4n) is 4.76. The van der Waals surface area contributed by atoms with Crippen LogP contribution in [0.2, 0.25) is 0 Å². The van der Waals surface area contributed by atoms with Crippen molar-refractivity contribution in [3.63, 3.8) is 0 Å². The van der Waals surface area contributed by atoms with E-state index in [4.69, 9.17) is 4.74 Å². The molecule has 2 aromatic rings. The number of hydrogen-bond donors (Lipinski definition) is 1. The van der Waals surface area contributed by atoms with E-state index >= 15 is 0 Å². The van der Waals surface area contributed by atoms with E-state index in [9.17, 15) is 22.8 Å².